The van der Waals surface area contributed by atoms with Gasteiger partial charge in [-0.05, 0) is 43.3 Å². The monoisotopic (exact) mass is 487 g/mol. The number of halogens is 1. The van der Waals surface area contributed by atoms with E-state index in [1.54, 1.807) is 9.36 Å². The first-order valence-corrected chi connectivity index (χ1v) is 11.6. The first-order valence-electron chi connectivity index (χ1n) is 11.3. The third-order valence-corrected chi connectivity index (χ3v) is 6.22. The van der Waals surface area contributed by atoms with Gasteiger partial charge < -0.3 is 0 Å². The molecule has 7 nitrogen and oxygen atoms in total. The molecule has 0 N–H and O–H groups in total. The third-order valence-electron chi connectivity index (χ3n) is 5.97. The second-order valence-corrected chi connectivity index (χ2v) is 8.68. The quantitative estimate of drug-likeness (QED) is 0.297. The normalized spacial score (nSPS) is 11.0. The van der Waals surface area contributed by atoms with E-state index in [2.05, 4.69) is 16.3 Å². The Morgan fingerprint density at radius 1 is 0.778 bits per heavy atom. The van der Waals surface area contributed by atoms with Gasteiger partial charge in [0.1, 0.15) is 28.5 Å². The highest BCUT2D eigenvalue weighted by molar-refractivity contribution is 6.30. The number of hydrogen-bond donors (Lipinski definition) is 0. The molecule has 0 bridgehead atoms. The van der Waals surface area contributed by atoms with Gasteiger partial charge in [-0.1, -0.05) is 60.1 Å². The van der Waals surface area contributed by atoms with E-state index >= 15 is 0 Å². The van der Waals surface area contributed by atoms with E-state index in [9.17, 15) is 5.26 Å². The number of hydrogen-bond acceptors (Lipinski definition) is 5. The first kappa shape index (κ1) is 21.7. The van der Waals surface area contributed by atoms with Crippen LogP contribution in [-0.4, -0.2) is 29.8 Å². The Labute approximate surface area is 211 Å². The van der Waals surface area contributed by atoms with Crippen molar-refractivity contribution in [2.75, 3.05) is 0 Å². The van der Waals surface area contributed by atoms with Gasteiger partial charge in [-0.2, -0.15) is 20.6 Å². The van der Waals surface area contributed by atoms with Gasteiger partial charge in [0.05, 0.1) is 28.1 Å². The molecule has 0 atom stereocenters. The number of nitrogens with zero attached hydrogens (tertiary/aromatic N) is 7. The molecular weight excluding hydrogens is 470 g/mol. The number of aromatic nitrogens is 6. The molecule has 0 spiro atoms. The van der Waals surface area contributed by atoms with E-state index < -0.39 is 0 Å². The summed E-state index contributed by atoms with van der Waals surface area (Å²) in [6, 6.07) is 29.3. The number of para-hydroxylation sites is 1. The van der Waals surface area contributed by atoms with Gasteiger partial charge in [-0.3, -0.25) is 0 Å². The van der Waals surface area contributed by atoms with Crippen LogP contribution in [0.1, 0.15) is 11.3 Å². The molecule has 3 aromatic heterocycles. The molecule has 36 heavy (non-hydrogen) atoms. The van der Waals surface area contributed by atoms with Crippen molar-refractivity contribution in [1.82, 2.24) is 29.8 Å². The van der Waals surface area contributed by atoms with Crippen LogP contribution >= 0.6 is 11.6 Å². The molecule has 0 aliphatic carbocycles. The summed E-state index contributed by atoms with van der Waals surface area (Å²) in [6.45, 7) is 1.86. The molecule has 6 aromatic rings. The zero-order chi connectivity index (χ0) is 24.6. The van der Waals surface area contributed by atoms with Crippen LogP contribution in [0.2, 0.25) is 5.02 Å². The van der Waals surface area contributed by atoms with E-state index in [1.165, 1.54) is 0 Å². The number of fused-ring (bicyclic) bond motifs is 1. The van der Waals surface area contributed by atoms with Crippen molar-refractivity contribution >= 4 is 22.5 Å². The molecular formula is C28H18ClN7. The third kappa shape index (κ3) is 3.61. The van der Waals surface area contributed by atoms with Crippen LogP contribution in [0.3, 0.4) is 0 Å². The van der Waals surface area contributed by atoms with Crippen molar-refractivity contribution < 1.29 is 0 Å². The minimum absolute atomic E-state index is 0.420. The average molecular weight is 488 g/mol. The Morgan fingerprint density at radius 2 is 1.47 bits per heavy atom. The van der Waals surface area contributed by atoms with Crippen molar-refractivity contribution in [1.29, 1.82) is 5.26 Å². The molecule has 0 aliphatic heterocycles. The molecule has 172 valence electrons. The van der Waals surface area contributed by atoms with Crippen molar-refractivity contribution in [2.24, 2.45) is 0 Å². The lowest BCUT2D eigenvalue weighted by Gasteiger charge is -2.07. The van der Waals surface area contributed by atoms with Crippen LogP contribution in [0.5, 0.6) is 0 Å². The number of benzene rings is 3. The highest BCUT2D eigenvalue weighted by Crippen LogP contribution is 2.36. The smallest absolute Gasteiger partial charge is 0.132 e. The van der Waals surface area contributed by atoms with Crippen molar-refractivity contribution in [3.8, 4) is 40.1 Å². The van der Waals surface area contributed by atoms with Crippen molar-refractivity contribution in [3.63, 3.8) is 0 Å². The van der Waals surface area contributed by atoms with Gasteiger partial charge >= 0.3 is 0 Å². The van der Waals surface area contributed by atoms with Crippen LogP contribution in [0.15, 0.2) is 91.1 Å². The maximum absolute atomic E-state index is 10.3. The highest BCUT2D eigenvalue weighted by atomic mass is 35.5. The SMILES string of the molecule is Cc1nnc(-c2nn(-c3ccccc3)c(-c3ccccc3)c2C#N)c2cn(-c3ccc(Cl)cc3)nc12. The van der Waals surface area contributed by atoms with Gasteiger partial charge in [0.2, 0.25) is 0 Å². The molecule has 0 saturated carbocycles. The molecule has 0 aliphatic rings. The summed E-state index contributed by atoms with van der Waals surface area (Å²) in [7, 11) is 0. The Kier molecular flexibility index (Phi) is 5.29. The number of nitriles is 1. The Hall–Kier alpha value is -4.80. The molecule has 0 radical (unpaired) electrons. The summed E-state index contributed by atoms with van der Waals surface area (Å²) >= 11 is 6.07. The lowest BCUT2D eigenvalue weighted by molar-refractivity contribution is 0.884. The summed E-state index contributed by atoms with van der Waals surface area (Å²) in [5.74, 6) is 0. The van der Waals surface area contributed by atoms with Gasteiger partial charge in [0.25, 0.3) is 0 Å². The lowest BCUT2D eigenvalue weighted by Crippen LogP contribution is -1.99. The first-order chi connectivity index (χ1) is 17.6. The van der Waals surface area contributed by atoms with Gasteiger partial charge in [-0.15, -0.1) is 5.10 Å². The van der Waals surface area contributed by atoms with E-state index in [1.807, 2.05) is 98.0 Å². The van der Waals surface area contributed by atoms with E-state index in [-0.39, 0.29) is 0 Å². The fraction of sp³-hybridized carbons (Fsp3) is 0.0357. The Bertz CT molecular complexity index is 1750. The van der Waals surface area contributed by atoms with E-state index in [0.717, 1.165) is 22.3 Å². The molecule has 0 fully saturated rings. The van der Waals surface area contributed by atoms with Crippen LogP contribution in [0, 0.1) is 18.3 Å². The molecule has 8 heteroatoms. The average Bonchev–Trinajstić information content (AvgIpc) is 3.54. The summed E-state index contributed by atoms with van der Waals surface area (Å²) in [5, 5.41) is 30.3. The fourth-order valence-electron chi connectivity index (χ4n) is 4.25. The minimum atomic E-state index is 0.420. The van der Waals surface area contributed by atoms with E-state index in [0.29, 0.717) is 38.9 Å². The van der Waals surface area contributed by atoms with Crippen LogP contribution in [0.4, 0.5) is 0 Å². The largest absolute Gasteiger partial charge is 0.240 e. The predicted molar refractivity (Wildman–Crippen MR) is 139 cm³/mol. The van der Waals surface area contributed by atoms with Crippen LogP contribution in [-0.2, 0) is 0 Å². The topological polar surface area (TPSA) is 85.2 Å². The predicted octanol–water partition coefficient (Wildman–Crippen LogP) is 6.17. The van der Waals surface area contributed by atoms with Crippen molar-refractivity contribution in [2.45, 2.75) is 6.92 Å². The van der Waals surface area contributed by atoms with Gasteiger partial charge in [0.15, 0.2) is 0 Å². The number of aryl methyl sites for hydroxylation is 1. The second kappa shape index (κ2) is 8.77. The van der Waals surface area contributed by atoms with Gasteiger partial charge in [0, 0.05) is 16.8 Å². The molecule has 0 unspecified atom stereocenters. The maximum atomic E-state index is 10.3. The zero-order valence-corrected chi connectivity index (χ0v) is 19.9. The van der Waals surface area contributed by atoms with Gasteiger partial charge in [-0.25, -0.2) is 9.36 Å². The summed E-state index contributed by atoms with van der Waals surface area (Å²) in [6.07, 6.45) is 1.89. The second-order valence-electron chi connectivity index (χ2n) is 8.24. The molecule has 3 aromatic carbocycles. The maximum Gasteiger partial charge on any atom is 0.132 e. The molecule has 0 saturated heterocycles. The highest BCUT2D eigenvalue weighted by Gasteiger charge is 2.25. The lowest BCUT2D eigenvalue weighted by atomic mass is 10.0. The number of rotatable bonds is 4. The Balaban J connectivity index is 1.63. The van der Waals surface area contributed by atoms with E-state index in [4.69, 9.17) is 21.8 Å². The standard InChI is InChI=1S/C28H18ClN7/c1-18-25-24(17-35(33-25)21-14-12-20(29)13-15-21)26(32-31-18)27-23(16-30)28(19-8-4-2-5-9-19)36(34-27)22-10-6-3-7-11-22/h2-15,17H,1H3. The molecule has 3 heterocycles. The minimum Gasteiger partial charge on any atom is -0.240 e. The van der Waals surface area contributed by atoms with Crippen molar-refractivity contribution in [3.05, 3.63) is 107 Å². The Morgan fingerprint density at radius 3 is 2.17 bits per heavy atom. The van der Waals surface area contributed by atoms with Crippen LogP contribution in [0.25, 0.3) is 44.9 Å². The molecule has 6 rings (SSSR count). The fourth-order valence-corrected chi connectivity index (χ4v) is 4.38. The van der Waals surface area contributed by atoms with Crippen LogP contribution < -0.4 is 0 Å². The summed E-state index contributed by atoms with van der Waals surface area (Å²) < 4.78 is 3.55. The summed E-state index contributed by atoms with van der Waals surface area (Å²) in [5.41, 5.74) is 6.01. The molecule has 0 amide bonds. The zero-order valence-electron chi connectivity index (χ0n) is 19.2. The summed E-state index contributed by atoms with van der Waals surface area (Å²) in [4.78, 5) is 0.